The Morgan fingerprint density at radius 2 is 1.90 bits per heavy atom. The van der Waals surface area contributed by atoms with E-state index in [1.165, 1.54) is 5.56 Å². The lowest BCUT2D eigenvalue weighted by molar-refractivity contribution is 0.0839. The van der Waals surface area contributed by atoms with E-state index in [0.717, 1.165) is 44.5 Å². The number of ketones is 1. The maximum Gasteiger partial charge on any atom is 0.181 e. The fourth-order valence-corrected chi connectivity index (χ4v) is 2.87. The number of likely N-dealkylation sites (N-methyl/N-ethyl adjacent to an activating group) is 2. The lowest BCUT2D eigenvalue weighted by atomic mass is 10.0. The van der Waals surface area contributed by atoms with Crippen molar-refractivity contribution in [2.24, 2.45) is 0 Å². The molecule has 1 atom stereocenters. The summed E-state index contributed by atoms with van der Waals surface area (Å²) in [5, 5.41) is 0. The third-order valence-electron chi connectivity index (χ3n) is 4.15. The van der Waals surface area contributed by atoms with Gasteiger partial charge in [0, 0.05) is 12.1 Å². The number of rotatable bonds is 4. The summed E-state index contributed by atoms with van der Waals surface area (Å²) in [6.45, 7) is 5.07. The zero-order valence-electron chi connectivity index (χ0n) is 12.9. The van der Waals surface area contributed by atoms with Crippen LogP contribution in [0.2, 0.25) is 0 Å². The second kappa shape index (κ2) is 7.00. The van der Waals surface area contributed by atoms with Gasteiger partial charge in [0.2, 0.25) is 0 Å². The summed E-state index contributed by atoms with van der Waals surface area (Å²) in [5.41, 5.74) is 2.16. The molecule has 1 aromatic rings. The molecule has 0 N–H and O–H groups in total. The summed E-state index contributed by atoms with van der Waals surface area (Å²) < 4.78 is 0. The Labute approximate surface area is 122 Å². The summed E-state index contributed by atoms with van der Waals surface area (Å²) in [6, 6.07) is 8.16. The Hall–Kier alpha value is -1.19. The van der Waals surface area contributed by atoms with Gasteiger partial charge in [0.1, 0.15) is 0 Å². The summed E-state index contributed by atoms with van der Waals surface area (Å²) >= 11 is 0. The first-order valence-corrected chi connectivity index (χ1v) is 7.63. The predicted molar refractivity (Wildman–Crippen MR) is 83.3 cm³/mol. The second-order valence-corrected chi connectivity index (χ2v) is 5.92. The van der Waals surface area contributed by atoms with E-state index in [0.29, 0.717) is 0 Å². The highest BCUT2D eigenvalue weighted by Gasteiger charge is 2.27. The van der Waals surface area contributed by atoms with Gasteiger partial charge >= 0.3 is 0 Å². The third-order valence-corrected chi connectivity index (χ3v) is 4.15. The topological polar surface area (TPSA) is 23.6 Å². The van der Waals surface area contributed by atoms with Crippen molar-refractivity contribution in [1.82, 2.24) is 9.80 Å². The lowest BCUT2D eigenvalue weighted by Crippen LogP contribution is -2.43. The fourth-order valence-electron chi connectivity index (χ4n) is 2.87. The van der Waals surface area contributed by atoms with Gasteiger partial charge in [-0.15, -0.1) is 0 Å². The molecule has 1 aromatic carbocycles. The number of benzene rings is 1. The van der Waals surface area contributed by atoms with Crippen LogP contribution in [0.3, 0.4) is 0 Å². The summed E-state index contributed by atoms with van der Waals surface area (Å²) in [6.07, 6.45) is 3.36. The van der Waals surface area contributed by atoms with Gasteiger partial charge in [-0.1, -0.05) is 37.6 Å². The molecule has 0 amide bonds. The van der Waals surface area contributed by atoms with Gasteiger partial charge in [-0.2, -0.15) is 0 Å². The van der Waals surface area contributed by atoms with E-state index in [-0.39, 0.29) is 11.8 Å². The van der Waals surface area contributed by atoms with E-state index in [4.69, 9.17) is 0 Å². The molecule has 110 valence electrons. The first kappa shape index (κ1) is 15.2. The van der Waals surface area contributed by atoms with E-state index in [1.807, 2.05) is 12.1 Å². The highest BCUT2D eigenvalue weighted by atomic mass is 16.1. The van der Waals surface area contributed by atoms with Crippen LogP contribution in [0.5, 0.6) is 0 Å². The molecule has 1 aliphatic rings. The molecule has 3 nitrogen and oxygen atoms in total. The molecule has 3 heteroatoms. The first-order chi connectivity index (χ1) is 9.61. The van der Waals surface area contributed by atoms with Crippen LogP contribution in [0.15, 0.2) is 24.3 Å². The molecule has 0 saturated carbocycles. The minimum absolute atomic E-state index is 0.0143. The molecule has 20 heavy (non-hydrogen) atoms. The highest BCUT2D eigenvalue weighted by molar-refractivity contribution is 6.00. The van der Waals surface area contributed by atoms with E-state index >= 15 is 0 Å². The summed E-state index contributed by atoms with van der Waals surface area (Å²) in [4.78, 5) is 17.2. The second-order valence-electron chi connectivity index (χ2n) is 5.92. The molecule has 1 saturated heterocycles. The van der Waals surface area contributed by atoms with Gasteiger partial charge in [-0.25, -0.2) is 0 Å². The molecule has 1 aliphatic heterocycles. The van der Waals surface area contributed by atoms with Gasteiger partial charge in [0.05, 0.1) is 6.04 Å². The maximum atomic E-state index is 12.7. The SMILES string of the molecule is CCCc1ccc(C(=O)C2CN(C)CCCN2C)cc1. The number of nitrogens with zero attached hydrogens (tertiary/aromatic N) is 2. The molecule has 1 heterocycles. The Kier molecular flexibility index (Phi) is 5.32. The van der Waals surface area contributed by atoms with Crippen LogP contribution in [0.4, 0.5) is 0 Å². The number of hydrogen-bond donors (Lipinski definition) is 0. The van der Waals surface area contributed by atoms with Gasteiger partial charge < -0.3 is 4.90 Å². The number of hydrogen-bond acceptors (Lipinski definition) is 3. The standard InChI is InChI=1S/C17H26N2O/c1-4-6-14-7-9-15(10-8-14)17(20)16-13-18(2)11-5-12-19(16)3/h7-10,16H,4-6,11-13H2,1-3H3. The Balaban J connectivity index is 2.12. The Morgan fingerprint density at radius 3 is 2.55 bits per heavy atom. The monoisotopic (exact) mass is 274 g/mol. The van der Waals surface area contributed by atoms with Crippen LogP contribution in [0.25, 0.3) is 0 Å². The van der Waals surface area contributed by atoms with E-state index in [1.54, 1.807) is 0 Å². The maximum absolute atomic E-state index is 12.7. The number of carbonyl (C=O) groups is 1. The minimum atomic E-state index is -0.0143. The van der Waals surface area contributed by atoms with Crippen LogP contribution in [-0.2, 0) is 6.42 Å². The molecule has 2 rings (SSSR count). The Morgan fingerprint density at radius 1 is 1.20 bits per heavy atom. The van der Waals surface area contributed by atoms with Crippen LogP contribution in [-0.4, -0.2) is 55.4 Å². The first-order valence-electron chi connectivity index (χ1n) is 7.63. The fraction of sp³-hybridized carbons (Fsp3) is 0.588. The van der Waals surface area contributed by atoms with Crippen molar-refractivity contribution in [2.45, 2.75) is 32.2 Å². The van der Waals surface area contributed by atoms with Gasteiger partial charge in [0.25, 0.3) is 0 Å². The zero-order valence-corrected chi connectivity index (χ0v) is 12.9. The quantitative estimate of drug-likeness (QED) is 0.788. The van der Waals surface area contributed by atoms with Crippen molar-refractivity contribution in [3.63, 3.8) is 0 Å². The van der Waals surface area contributed by atoms with Gasteiger partial charge in [-0.05, 0) is 45.6 Å². The molecule has 1 fully saturated rings. The average molecular weight is 274 g/mol. The van der Waals surface area contributed by atoms with Crippen LogP contribution >= 0.6 is 0 Å². The van der Waals surface area contributed by atoms with Crippen molar-refractivity contribution >= 4 is 5.78 Å². The van der Waals surface area contributed by atoms with Crippen molar-refractivity contribution in [1.29, 1.82) is 0 Å². The number of aryl methyl sites for hydroxylation is 1. The van der Waals surface area contributed by atoms with Crippen molar-refractivity contribution in [2.75, 3.05) is 33.7 Å². The molecule has 0 bridgehead atoms. The molecule has 0 aliphatic carbocycles. The smallest absolute Gasteiger partial charge is 0.181 e. The van der Waals surface area contributed by atoms with Crippen molar-refractivity contribution in [3.8, 4) is 0 Å². The molecule has 0 radical (unpaired) electrons. The number of carbonyl (C=O) groups excluding carboxylic acids is 1. The summed E-state index contributed by atoms with van der Waals surface area (Å²) in [7, 11) is 4.16. The van der Waals surface area contributed by atoms with E-state index in [9.17, 15) is 4.79 Å². The molecule has 0 spiro atoms. The summed E-state index contributed by atoms with van der Waals surface area (Å²) in [5.74, 6) is 0.254. The molecular formula is C17H26N2O. The molecular weight excluding hydrogens is 248 g/mol. The molecule has 0 aromatic heterocycles. The minimum Gasteiger partial charge on any atom is -0.304 e. The normalized spacial score (nSPS) is 21.6. The third kappa shape index (κ3) is 3.68. The predicted octanol–water partition coefficient (Wildman–Crippen LogP) is 2.46. The largest absolute Gasteiger partial charge is 0.304 e. The molecule has 1 unspecified atom stereocenters. The number of Topliss-reactive ketones (excluding diaryl/α,β-unsaturated/α-hetero) is 1. The lowest BCUT2D eigenvalue weighted by Gasteiger charge is -2.26. The van der Waals surface area contributed by atoms with E-state index < -0.39 is 0 Å². The average Bonchev–Trinajstić information content (AvgIpc) is 2.61. The Bertz CT molecular complexity index is 441. The van der Waals surface area contributed by atoms with Crippen LogP contribution in [0.1, 0.15) is 35.7 Å². The van der Waals surface area contributed by atoms with Gasteiger partial charge in [-0.3, -0.25) is 9.69 Å². The van der Waals surface area contributed by atoms with E-state index in [2.05, 4.69) is 43.0 Å². The van der Waals surface area contributed by atoms with Gasteiger partial charge in [0.15, 0.2) is 5.78 Å². The highest BCUT2D eigenvalue weighted by Crippen LogP contribution is 2.14. The van der Waals surface area contributed by atoms with Crippen molar-refractivity contribution in [3.05, 3.63) is 35.4 Å². The zero-order chi connectivity index (χ0) is 14.5. The van der Waals surface area contributed by atoms with Crippen molar-refractivity contribution < 1.29 is 4.79 Å². The van der Waals surface area contributed by atoms with Crippen LogP contribution < -0.4 is 0 Å². The van der Waals surface area contributed by atoms with Crippen LogP contribution in [0, 0.1) is 0 Å².